The van der Waals surface area contributed by atoms with Crippen molar-refractivity contribution in [2.45, 2.75) is 17.9 Å². The molecule has 1 saturated heterocycles. The van der Waals surface area contributed by atoms with Crippen LogP contribution in [0.15, 0.2) is 60.7 Å². The molecule has 2 aromatic rings. The predicted octanol–water partition coefficient (Wildman–Crippen LogP) is 3.50. The Kier molecular flexibility index (Phi) is 8.11. The molecule has 1 aliphatic rings. The van der Waals surface area contributed by atoms with Crippen LogP contribution in [-0.2, 0) is 15.2 Å². The van der Waals surface area contributed by atoms with Gasteiger partial charge in [-0.05, 0) is 42.8 Å². The van der Waals surface area contributed by atoms with E-state index in [1.54, 1.807) is 24.3 Å². The summed E-state index contributed by atoms with van der Waals surface area (Å²) in [6.45, 7) is 1.36. The Morgan fingerprint density at radius 3 is 2.33 bits per heavy atom. The first-order valence-corrected chi connectivity index (χ1v) is 9.56. The van der Waals surface area contributed by atoms with Gasteiger partial charge in [0.05, 0.1) is 5.60 Å². The highest BCUT2D eigenvalue weighted by Crippen LogP contribution is 2.44. The van der Waals surface area contributed by atoms with E-state index in [4.69, 9.17) is 21.8 Å². The van der Waals surface area contributed by atoms with Gasteiger partial charge in [0.2, 0.25) is 0 Å². The third-order valence-electron chi connectivity index (χ3n) is 4.92. The molecule has 2 aromatic carbocycles. The SMILES string of the molecule is CN1CC[C@](O)(c2cccc(Cl)c2)[C@@H](c2ccccc2F)C1.O=C(O)/C=C\C(=O)O. The number of rotatable bonds is 4. The largest absolute Gasteiger partial charge is 0.478 e. The van der Waals surface area contributed by atoms with Crippen LogP contribution in [0, 0.1) is 5.82 Å². The third-order valence-corrected chi connectivity index (χ3v) is 5.15. The number of likely N-dealkylation sites (tertiary alicyclic amines) is 1. The summed E-state index contributed by atoms with van der Waals surface area (Å²) >= 11 is 6.08. The Morgan fingerprint density at radius 1 is 1.13 bits per heavy atom. The third kappa shape index (κ3) is 6.13. The lowest BCUT2D eigenvalue weighted by molar-refractivity contribution is -0.134. The predicted molar refractivity (Wildman–Crippen MR) is 111 cm³/mol. The van der Waals surface area contributed by atoms with Crippen LogP contribution in [0.4, 0.5) is 4.39 Å². The zero-order chi connectivity index (χ0) is 22.3. The van der Waals surface area contributed by atoms with E-state index in [0.717, 1.165) is 12.1 Å². The van der Waals surface area contributed by atoms with Crippen LogP contribution >= 0.6 is 11.6 Å². The van der Waals surface area contributed by atoms with Crippen molar-refractivity contribution in [2.24, 2.45) is 0 Å². The maximum atomic E-state index is 14.3. The van der Waals surface area contributed by atoms with Crippen molar-refractivity contribution in [1.29, 1.82) is 0 Å². The number of carboxylic acids is 2. The molecular weight excluding hydrogens is 413 g/mol. The van der Waals surface area contributed by atoms with Crippen LogP contribution in [0.1, 0.15) is 23.5 Å². The van der Waals surface area contributed by atoms with Gasteiger partial charge in [0, 0.05) is 36.2 Å². The molecule has 3 rings (SSSR count). The molecule has 6 nitrogen and oxygen atoms in total. The zero-order valence-electron chi connectivity index (χ0n) is 16.3. The maximum absolute atomic E-state index is 14.3. The molecule has 0 radical (unpaired) electrons. The van der Waals surface area contributed by atoms with Gasteiger partial charge in [-0.3, -0.25) is 0 Å². The highest BCUT2D eigenvalue weighted by molar-refractivity contribution is 6.30. The number of aliphatic hydroxyl groups is 1. The number of halogens is 2. The fourth-order valence-corrected chi connectivity index (χ4v) is 3.64. The van der Waals surface area contributed by atoms with E-state index in [0.29, 0.717) is 35.7 Å². The summed E-state index contributed by atoms with van der Waals surface area (Å²) in [5.41, 5.74) is 0.192. The lowest BCUT2D eigenvalue weighted by atomic mass is 9.72. The number of hydrogen-bond acceptors (Lipinski definition) is 4. The highest BCUT2D eigenvalue weighted by Gasteiger charge is 2.43. The van der Waals surface area contributed by atoms with Gasteiger partial charge in [-0.1, -0.05) is 41.9 Å². The van der Waals surface area contributed by atoms with Crippen LogP contribution in [0.3, 0.4) is 0 Å². The minimum absolute atomic E-state index is 0.275. The van der Waals surface area contributed by atoms with Crippen molar-refractivity contribution >= 4 is 23.5 Å². The number of carboxylic acid groups (broad SMARTS) is 2. The first-order chi connectivity index (χ1) is 14.1. The van der Waals surface area contributed by atoms with Gasteiger partial charge < -0.3 is 20.2 Å². The molecule has 8 heteroatoms. The Bertz CT molecular complexity index is 919. The van der Waals surface area contributed by atoms with E-state index in [1.165, 1.54) is 6.07 Å². The second-order valence-electron chi connectivity index (χ2n) is 7.03. The van der Waals surface area contributed by atoms with E-state index < -0.39 is 17.5 Å². The molecule has 0 spiro atoms. The van der Waals surface area contributed by atoms with E-state index in [1.807, 2.05) is 25.2 Å². The quantitative estimate of drug-likeness (QED) is 0.636. The van der Waals surface area contributed by atoms with Gasteiger partial charge in [0.15, 0.2) is 0 Å². The molecule has 1 heterocycles. The Labute approximate surface area is 178 Å². The first-order valence-electron chi connectivity index (χ1n) is 9.19. The molecule has 0 amide bonds. The summed E-state index contributed by atoms with van der Waals surface area (Å²) in [6, 6.07) is 13.9. The summed E-state index contributed by atoms with van der Waals surface area (Å²) in [5, 5.41) is 27.6. The van der Waals surface area contributed by atoms with Crippen molar-refractivity contribution in [3.8, 4) is 0 Å². The molecule has 30 heavy (non-hydrogen) atoms. The average Bonchev–Trinajstić information content (AvgIpc) is 2.69. The summed E-state index contributed by atoms with van der Waals surface area (Å²) in [6.07, 6.45) is 1.66. The topological polar surface area (TPSA) is 98.1 Å². The lowest BCUT2D eigenvalue weighted by Gasteiger charge is -2.44. The van der Waals surface area contributed by atoms with Gasteiger partial charge in [0.1, 0.15) is 5.82 Å². The number of benzene rings is 2. The summed E-state index contributed by atoms with van der Waals surface area (Å²) in [5.74, 6) is -3.12. The normalized spacial score (nSPS) is 21.7. The van der Waals surface area contributed by atoms with Crippen LogP contribution in [-0.4, -0.2) is 52.3 Å². The van der Waals surface area contributed by atoms with Crippen molar-refractivity contribution in [3.05, 3.63) is 82.6 Å². The summed E-state index contributed by atoms with van der Waals surface area (Å²) in [7, 11) is 1.99. The van der Waals surface area contributed by atoms with Crippen molar-refractivity contribution < 1.29 is 29.3 Å². The Hall–Kier alpha value is -2.74. The Morgan fingerprint density at radius 2 is 1.77 bits per heavy atom. The smallest absolute Gasteiger partial charge is 0.328 e. The monoisotopic (exact) mass is 435 g/mol. The molecule has 0 saturated carbocycles. The molecule has 1 fully saturated rings. The number of likely N-dealkylation sites (N-methyl/N-ethyl adjacent to an activating group) is 1. The minimum atomic E-state index is -1.26. The van der Waals surface area contributed by atoms with Crippen LogP contribution in [0.25, 0.3) is 0 Å². The minimum Gasteiger partial charge on any atom is -0.478 e. The molecule has 0 aromatic heterocycles. The standard InChI is InChI=1S/C18H19ClFNO.C4H4O4/c1-21-10-9-18(22,13-5-4-6-14(19)11-13)16(12-21)15-7-2-3-8-17(15)20;5-3(6)1-2-4(7)8/h2-8,11,16,22H,9-10,12H2,1H3;1-2H,(H,5,6)(H,7,8)/b;2-1-/t16-,18+;/m1./s1. The van der Waals surface area contributed by atoms with Crippen LogP contribution in [0.5, 0.6) is 0 Å². The van der Waals surface area contributed by atoms with Gasteiger partial charge in [0.25, 0.3) is 0 Å². The molecule has 0 aliphatic carbocycles. The molecule has 1 aliphatic heterocycles. The van der Waals surface area contributed by atoms with Gasteiger partial charge in [-0.25, -0.2) is 14.0 Å². The number of carbonyl (C=O) groups is 2. The van der Waals surface area contributed by atoms with E-state index in [9.17, 15) is 19.1 Å². The van der Waals surface area contributed by atoms with Gasteiger partial charge in [-0.2, -0.15) is 0 Å². The maximum Gasteiger partial charge on any atom is 0.328 e. The van der Waals surface area contributed by atoms with Gasteiger partial charge >= 0.3 is 11.9 Å². The van der Waals surface area contributed by atoms with Crippen molar-refractivity contribution in [2.75, 3.05) is 20.1 Å². The highest BCUT2D eigenvalue weighted by atomic mass is 35.5. The average molecular weight is 436 g/mol. The molecule has 0 unspecified atom stereocenters. The second-order valence-corrected chi connectivity index (χ2v) is 7.47. The number of hydrogen-bond donors (Lipinski definition) is 3. The van der Waals surface area contributed by atoms with Gasteiger partial charge in [-0.15, -0.1) is 0 Å². The number of aliphatic carboxylic acids is 2. The first kappa shape index (κ1) is 23.5. The fraction of sp³-hybridized carbons (Fsp3) is 0.273. The van der Waals surface area contributed by atoms with Crippen LogP contribution < -0.4 is 0 Å². The summed E-state index contributed by atoms with van der Waals surface area (Å²) in [4.78, 5) is 21.2. The van der Waals surface area contributed by atoms with E-state index in [-0.39, 0.29) is 11.7 Å². The van der Waals surface area contributed by atoms with E-state index in [2.05, 4.69) is 4.90 Å². The lowest BCUT2D eigenvalue weighted by Crippen LogP contribution is -2.47. The zero-order valence-corrected chi connectivity index (χ0v) is 17.1. The van der Waals surface area contributed by atoms with E-state index >= 15 is 0 Å². The second kappa shape index (κ2) is 10.3. The molecule has 0 bridgehead atoms. The Balaban J connectivity index is 0.000000343. The van der Waals surface area contributed by atoms with Crippen molar-refractivity contribution in [1.82, 2.24) is 4.90 Å². The fourth-order valence-electron chi connectivity index (χ4n) is 3.45. The molecular formula is C22H23ClFNO5. The van der Waals surface area contributed by atoms with Crippen molar-refractivity contribution in [3.63, 3.8) is 0 Å². The number of nitrogens with zero attached hydrogens (tertiary/aromatic N) is 1. The van der Waals surface area contributed by atoms with Crippen LogP contribution in [0.2, 0.25) is 5.02 Å². The number of piperidine rings is 1. The summed E-state index contributed by atoms with van der Waals surface area (Å²) < 4.78 is 14.3. The molecule has 160 valence electrons. The molecule has 2 atom stereocenters. The molecule has 3 N–H and O–H groups in total.